The highest BCUT2D eigenvalue weighted by atomic mass is 16.5. The zero-order valence-corrected chi connectivity index (χ0v) is 13.3. The lowest BCUT2D eigenvalue weighted by molar-refractivity contribution is 0.111. The number of rotatable bonds is 4. The molecule has 0 bridgehead atoms. The van der Waals surface area contributed by atoms with Gasteiger partial charge in [-0.1, -0.05) is 31.0 Å². The Morgan fingerprint density at radius 1 is 1.29 bits per heavy atom. The summed E-state index contributed by atoms with van der Waals surface area (Å²) in [5.41, 5.74) is 8.27. The normalized spacial score (nSPS) is 25.4. The number of ether oxygens (including phenoxy) is 1. The topological polar surface area (TPSA) is 38.5 Å². The van der Waals surface area contributed by atoms with E-state index in [9.17, 15) is 0 Å². The molecule has 116 valence electrons. The van der Waals surface area contributed by atoms with Gasteiger partial charge < -0.3 is 15.4 Å². The van der Waals surface area contributed by atoms with Crippen molar-refractivity contribution in [1.29, 1.82) is 0 Å². The summed E-state index contributed by atoms with van der Waals surface area (Å²) in [4.78, 5) is 2.38. The van der Waals surface area contributed by atoms with Crippen LogP contribution in [0, 0.1) is 0 Å². The molecular weight excluding hydrogens is 260 g/mol. The van der Waals surface area contributed by atoms with Gasteiger partial charge in [0.1, 0.15) is 5.75 Å². The van der Waals surface area contributed by atoms with Crippen molar-refractivity contribution in [2.24, 2.45) is 5.73 Å². The van der Waals surface area contributed by atoms with Crippen LogP contribution >= 0.6 is 0 Å². The number of fused-ring (bicyclic) bond motifs is 1. The first kappa shape index (κ1) is 14.9. The van der Waals surface area contributed by atoms with Crippen LogP contribution in [-0.4, -0.2) is 37.2 Å². The van der Waals surface area contributed by atoms with Crippen LogP contribution in [0.5, 0.6) is 5.75 Å². The second-order valence-corrected chi connectivity index (χ2v) is 6.92. The Kier molecular flexibility index (Phi) is 4.23. The van der Waals surface area contributed by atoms with Crippen LogP contribution in [-0.2, 0) is 0 Å². The maximum Gasteiger partial charge on any atom is 0.122 e. The first-order valence-electron chi connectivity index (χ1n) is 8.28. The lowest BCUT2D eigenvalue weighted by Gasteiger charge is -2.43. The number of hydrogen-bond acceptors (Lipinski definition) is 3. The van der Waals surface area contributed by atoms with Gasteiger partial charge in [0.25, 0.3) is 0 Å². The molecule has 1 fully saturated rings. The molecule has 3 heteroatoms. The Morgan fingerprint density at radius 3 is 2.71 bits per heavy atom. The van der Waals surface area contributed by atoms with Gasteiger partial charge in [-0.05, 0) is 57.3 Å². The number of nitrogens with zero attached hydrogens (tertiary/aromatic N) is 1. The summed E-state index contributed by atoms with van der Waals surface area (Å²) in [5.74, 6) is 1.61. The molecule has 0 spiro atoms. The van der Waals surface area contributed by atoms with Crippen LogP contribution in [0.25, 0.3) is 0 Å². The van der Waals surface area contributed by atoms with Crippen LogP contribution in [0.3, 0.4) is 0 Å². The minimum absolute atomic E-state index is 0.202. The molecule has 0 radical (unpaired) electrons. The minimum atomic E-state index is 0.202. The first-order chi connectivity index (χ1) is 10.1. The summed E-state index contributed by atoms with van der Waals surface area (Å²) < 4.78 is 5.78. The van der Waals surface area contributed by atoms with E-state index in [2.05, 4.69) is 43.3 Å². The predicted molar refractivity (Wildman–Crippen MR) is 86.8 cm³/mol. The summed E-state index contributed by atoms with van der Waals surface area (Å²) in [6.07, 6.45) is 7.28. The molecule has 1 aliphatic heterocycles. The fraction of sp³-hybridized carbons (Fsp3) is 0.667. The summed E-state index contributed by atoms with van der Waals surface area (Å²) in [5, 5.41) is 0. The second kappa shape index (κ2) is 5.98. The molecule has 21 heavy (non-hydrogen) atoms. The Labute approximate surface area is 128 Å². The fourth-order valence-electron chi connectivity index (χ4n) is 4.32. The van der Waals surface area contributed by atoms with Crippen molar-refractivity contribution in [1.82, 2.24) is 4.90 Å². The van der Waals surface area contributed by atoms with Gasteiger partial charge >= 0.3 is 0 Å². The molecule has 1 saturated carbocycles. The third-order valence-corrected chi connectivity index (χ3v) is 5.67. The molecule has 0 saturated heterocycles. The molecule has 3 nitrogen and oxygen atoms in total. The van der Waals surface area contributed by atoms with E-state index < -0.39 is 0 Å². The zero-order valence-electron chi connectivity index (χ0n) is 13.3. The molecule has 1 aliphatic carbocycles. The van der Waals surface area contributed by atoms with Crippen LogP contribution < -0.4 is 10.5 Å². The van der Waals surface area contributed by atoms with Gasteiger partial charge in [0.05, 0.1) is 6.61 Å². The molecule has 2 unspecified atom stereocenters. The molecule has 2 atom stereocenters. The number of hydrogen-bond donors (Lipinski definition) is 1. The smallest absolute Gasteiger partial charge is 0.122 e. The van der Waals surface area contributed by atoms with Gasteiger partial charge in [-0.15, -0.1) is 0 Å². The molecule has 2 N–H and O–H groups in total. The number of likely N-dealkylation sites (N-methyl/N-ethyl adjacent to an activating group) is 1. The Morgan fingerprint density at radius 2 is 2.00 bits per heavy atom. The Balaban J connectivity index is 1.78. The largest absolute Gasteiger partial charge is 0.493 e. The highest BCUT2D eigenvalue weighted by molar-refractivity contribution is 5.38. The summed E-state index contributed by atoms with van der Waals surface area (Å²) in [7, 11) is 4.40. The average Bonchev–Trinajstić information content (AvgIpc) is 2.98. The third-order valence-electron chi connectivity index (χ3n) is 5.67. The van der Waals surface area contributed by atoms with E-state index in [1.54, 1.807) is 0 Å². The fourth-order valence-corrected chi connectivity index (χ4v) is 4.32. The first-order valence-corrected chi connectivity index (χ1v) is 8.28. The van der Waals surface area contributed by atoms with Crippen molar-refractivity contribution in [2.45, 2.75) is 56.0 Å². The predicted octanol–water partition coefficient (Wildman–Crippen LogP) is 3.14. The SMILES string of the molecule is CN(C)C1(C(N)CC2CCOc3ccccc32)CCCC1. The molecule has 0 amide bonds. The second-order valence-electron chi connectivity index (χ2n) is 6.92. The van der Waals surface area contributed by atoms with E-state index >= 15 is 0 Å². The van der Waals surface area contributed by atoms with E-state index in [0.717, 1.165) is 25.2 Å². The average molecular weight is 288 g/mol. The summed E-state index contributed by atoms with van der Waals surface area (Å²) >= 11 is 0. The molecular formula is C18H28N2O. The van der Waals surface area contributed by atoms with Crippen molar-refractivity contribution in [3.05, 3.63) is 29.8 Å². The van der Waals surface area contributed by atoms with E-state index in [0.29, 0.717) is 5.92 Å². The van der Waals surface area contributed by atoms with E-state index in [4.69, 9.17) is 10.5 Å². The highest BCUT2D eigenvalue weighted by Crippen LogP contribution is 2.42. The van der Waals surface area contributed by atoms with Crippen molar-refractivity contribution in [2.75, 3.05) is 20.7 Å². The molecule has 2 aliphatic rings. The number of para-hydroxylation sites is 1. The van der Waals surface area contributed by atoms with Gasteiger partial charge in [-0.2, -0.15) is 0 Å². The van der Waals surface area contributed by atoms with Crippen LogP contribution in [0.2, 0.25) is 0 Å². The number of benzene rings is 1. The Bertz CT molecular complexity index is 480. The van der Waals surface area contributed by atoms with Gasteiger partial charge in [0.2, 0.25) is 0 Å². The summed E-state index contributed by atoms with van der Waals surface area (Å²) in [6.45, 7) is 0.823. The molecule has 3 rings (SSSR count). The van der Waals surface area contributed by atoms with Crippen molar-refractivity contribution >= 4 is 0 Å². The maximum absolute atomic E-state index is 6.72. The molecule has 1 heterocycles. The van der Waals surface area contributed by atoms with E-state index in [-0.39, 0.29) is 11.6 Å². The van der Waals surface area contributed by atoms with Crippen molar-refractivity contribution in [3.8, 4) is 5.75 Å². The Hall–Kier alpha value is -1.06. The monoisotopic (exact) mass is 288 g/mol. The van der Waals surface area contributed by atoms with Gasteiger partial charge in [-0.25, -0.2) is 0 Å². The minimum Gasteiger partial charge on any atom is -0.493 e. The zero-order chi connectivity index (χ0) is 14.9. The van der Waals surface area contributed by atoms with Crippen molar-refractivity contribution < 1.29 is 4.74 Å². The van der Waals surface area contributed by atoms with Crippen LogP contribution in [0.1, 0.15) is 50.0 Å². The van der Waals surface area contributed by atoms with Crippen LogP contribution in [0.15, 0.2) is 24.3 Å². The molecule has 1 aromatic carbocycles. The van der Waals surface area contributed by atoms with Crippen molar-refractivity contribution in [3.63, 3.8) is 0 Å². The van der Waals surface area contributed by atoms with E-state index in [1.807, 2.05) is 0 Å². The maximum atomic E-state index is 6.72. The highest BCUT2D eigenvalue weighted by Gasteiger charge is 2.42. The lowest BCUT2D eigenvalue weighted by Crippen LogP contribution is -2.56. The standard InChI is InChI=1S/C18H28N2O/c1-20(2)18(10-5-6-11-18)17(19)13-14-9-12-21-16-8-4-3-7-15(14)16/h3-4,7-8,14,17H,5-6,9-13,19H2,1-2H3. The van der Waals surface area contributed by atoms with E-state index in [1.165, 1.54) is 31.2 Å². The summed E-state index contributed by atoms with van der Waals surface area (Å²) in [6, 6.07) is 8.71. The molecule has 0 aromatic heterocycles. The van der Waals surface area contributed by atoms with Gasteiger partial charge in [0, 0.05) is 11.6 Å². The quantitative estimate of drug-likeness (QED) is 0.925. The molecule has 1 aromatic rings. The lowest BCUT2D eigenvalue weighted by atomic mass is 9.78. The van der Waals surface area contributed by atoms with Crippen LogP contribution in [0.4, 0.5) is 0 Å². The third kappa shape index (κ3) is 2.69. The number of nitrogens with two attached hydrogens (primary N) is 1. The van der Waals surface area contributed by atoms with Gasteiger partial charge in [-0.3, -0.25) is 0 Å². The van der Waals surface area contributed by atoms with Gasteiger partial charge in [0.15, 0.2) is 0 Å².